The molecule has 0 spiro atoms. The molecular formula is C21H12Cl2N6S. The lowest BCUT2D eigenvalue weighted by atomic mass is 10.1. The summed E-state index contributed by atoms with van der Waals surface area (Å²) in [7, 11) is 0. The van der Waals surface area contributed by atoms with E-state index in [4.69, 9.17) is 28.2 Å². The molecule has 9 heteroatoms. The number of nitrogens with zero attached hydrogens (tertiary/aromatic N) is 6. The van der Waals surface area contributed by atoms with E-state index in [2.05, 4.69) is 20.5 Å². The van der Waals surface area contributed by atoms with Crippen molar-refractivity contribution < 1.29 is 0 Å². The molecule has 0 N–H and O–H groups in total. The molecule has 0 bridgehead atoms. The first kappa shape index (κ1) is 18.9. The van der Waals surface area contributed by atoms with Gasteiger partial charge in [-0.3, -0.25) is 0 Å². The second-order valence-corrected chi connectivity index (χ2v) is 8.16. The van der Waals surface area contributed by atoms with E-state index in [-0.39, 0.29) is 0 Å². The summed E-state index contributed by atoms with van der Waals surface area (Å²) in [4.78, 5) is 10.4. The van der Waals surface area contributed by atoms with Crippen LogP contribution >= 0.6 is 34.5 Å². The first-order valence-corrected chi connectivity index (χ1v) is 10.5. The summed E-state index contributed by atoms with van der Waals surface area (Å²) in [6.07, 6.45) is 1.73. The van der Waals surface area contributed by atoms with Gasteiger partial charge in [-0.1, -0.05) is 47.5 Å². The van der Waals surface area contributed by atoms with Crippen molar-refractivity contribution in [3.05, 3.63) is 82.3 Å². The minimum Gasteiger partial charge on any atom is -0.236 e. The number of tetrazole rings is 1. The Hall–Kier alpha value is -3.13. The summed E-state index contributed by atoms with van der Waals surface area (Å²) >= 11 is 13.9. The van der Waals surface area contributed by atoms with Gasteiger partial charge in [-0.2, -0.15) is 4.68 Å². The van der Waals surface area contributed by atoms with Crippen LogP contribution in [0.1, 0.15) is 0 Å². The number of hydrogen-bond acceptors (Lipinski definition) is 6. The Labute approximate surface area is 185 Å². The highest BCUT2D eigenvalue weighted by Gasteiger charge is 2.19. The van der Waals surface area contributed by atoms with Crippen molar-refractivity contribution in [2.45, 2.75) is 0 Å². The average Bonchev–Trinajstić information content (AvgIpc) is 3.45. The third-order valence-corrected chi connectivity index (χ3v) is 5.69. The molecule has 0 fully saturated rings. The molecule has 6 nitrogen and oxygen atoms in total. The third kappa shape index (κ3) is 3.59. The number of aromatic nitrogens is 6. The van der Waals surface area contributed by atoms with E-state index in [0.29, 0.717) is 21.7 Å². The normalized spacial score (nSPS) is 11.0. The Morgan fingerprint density at radius 3 is 2.43 bits per heavy atom. The maximum absolute atomic E-state index is 6.17. The first-order chi connectivity index (χ1) is 14.7. The van der Waals surface area contributed by atoms with Gasteiger partial charge in [0.25, 0.3) is 0 Å². The van der Waals surface area contributed by atoms with Gasteiger partial charge < -0.3 is 0 Å². The maximum atomic E-state index is 6.17. The Bertz CT molecular complexity index is 1300. The Morgan fingerprint density at radius 2 is 1.70 bits per heavy atom. The molecule has 0 radical (unpaired) electrons. The summed E-state index contributed by atoms with van der Waals surface area (Å²) in [6.45, 7) is 0. The molecule has 0 atom stereocenters. The van der Waals surface area contributed by atoms with Crippen molar-refractivity contribution >= 4 is 34.5 Å². The zero-order valence-corrected chi connectivity index (χ0v) is 17.6. The average molecular weight is 451 g/mol. The van der Waals surface area contributed by atoms with Gasteiger partial charge in [0.05, 0.1) is 21.8 Å². The van der Waals surface area contributed by atoms with E-state index < -0.39 is 0 Å². The van der Waals surface area contributed by atoms with E-state index in [1.807, 2.05) is 47.8 Å². The summed E-state index contributed by atoms with van der Waals surface area (Å²) in [5, 5.41) is 15.3. The standard InChI is InChI=1S/C21H12Cl2N6S/c22-14-9-13(10-15(23)11-14)20-24-12-17(19(25-20)18-7-4-8-30-18)21-26-27-28-29(21)16-5-2-1-3-6-16/h1-12H. The zero-order chi connectivity index (χ0) is 20.5. The van der Waals surface area contributed by atoms with Gasteiger partial charge in [0.2, 0.25) is 0 Å². The number of para-hydroxylation sites is 1. The second-order valence-electron chi connectivity index (χ2n) is 6.34. The molecular weight excluding hydrogens is 439 g/mol. The minimum absolute atomic E-state index is 0.519. The molecule has 3 aromatic heterocycles. The number of thiophene rings is 1. The Balaban J connectivity index is 1.70. The monoisotopic (exact) mass is 450 g/mol. The lowest BCUT2D eigenvalue weighted by Crippen LogP contribution is -2.02. The van der Waals surface area contributed by atoms with E-state index in [0.717, 1.165) is 27.4 Å². The molecule has 0 saturated carbocycles. The lowest BCUT2D eigenvalue weighted by Gasteiger charge is -2.10. The van der Waals surface area contributed by atoms with Gasteiger partial charge in [-0.25, -0.2) is 9.97 Å². The molecule has 5 rings (SSSR count). The number of hydrogen-bond donors (Lipinski definition) is 0. The van der Waals surface area contributed by atoms with Gasteiger partial charge in [0.1, 0.15) is 0 Å². The highest BCUT2D eigenvalue weighted by molar-refractivity contribution is 7.13. The minimum atomic E-state index is 0.519. The Morgan fingerprint density at radius 1 is 0.900 bits per heavy atom. The van der Waals surface area contributed by atoms with Crippen LogP contribution in [0, 0.1) is 0 Å². The number of benzene rings is 2. The van der Waals surface area contributed by atoms with Crippen molar-refractivity contribution in [3.63, 3.8) is 0 Å². The molecule has 146 valence electrons. The van der Waals surface area contributed by atoms with Crippen LogP contribution in [0.25, 0.3) is 39.0 Å². The molecule has 2 aromatic carbocycles. The lowest BCUT2D eigenvalue weighted by molar-refractivity contribution is 0.791. The Kier molecular flexibility index (Phi) is 5.00. The fourth-order valence-electron chi connectivity index (χ4n) is 3.07. The molecule has 0 unspecified atom stereocenters. The second kappa shape index (κ2) is 7.95. The van der Waals surface area contributed by atoms with Crippen LogP contribution in [-0.2, 0) is 0 Å². The summed E-state index contributed by atoms with van der Waals surface area (Å²) in [5.74, 6) is 1.07. The SMILES string of the molecule is Clc1cc(Cl)cc(-c2ncc(-c3nnnn3-c3ccccc3)c(-c3cccs3)n2)c1. The molecule has 0 amide bonds. The number of halogens is 2. The predicted molar refractivity (Wildman–Crippen MR) is 119 cm³/mol. The molecule has 0 aliphatic rings. The van der Waals surface area contributed by atoms with Crippen LogP contribution in [0.2, 0.25) is 10.0 Å². The molecule has 0 aliphatic heterocycles. The smallest absolute Gasteiger partial charge is 0.190 e. The van der Waals surface area contributed by atoms with Gasteiger partial charge >= 0.3 is 0 Å². The van der Waals surface area contributed by atoms with Crippen LogP contribution in [0.5, 0.6) is 0 Å². The van der Waals surface area contributed by atoms with Gasteiger partial charge in [0.15, 0.2) is 11.6 Å². The topological polar surface area (TPSA) is 69.4 Å². The fraction of sp³-hybridized carbons (Fsp3) is 0. The highest BCUT2D eigenvalue weighted by atomic mass is 35.5. The number of rotatable bonds is 4. The molecule has 3 heterocycles. The van der Waals surface area contributed by atoms with Crippen LogP contribution in [0.4, 0.5) is 0 Å². The van der Waals surface area contributed by atoms with Crippen molar-refractivity contribution in [2.24, 2.45) is 0 Å². The van der Waals surface area contributed by atoms with Crippen LogP contribution in [-0.4, -0.2) is 30.2 Å². The van der Waals surface area contributed by atoms with Crippen molar-refractivity contribution in [1.29, 1.82) is 0 Å². The largest absolute Gasteiger partial charge is 0.236 e. The van der Waals surface area contributed by atoms with Crippen LogP contribution in [0.3, 0.4) is 0 Å². The third-order valence-electron chi connectivity index (χ3n) is 4.38. The van der Waals surface area contributed by atoms with Gasteiger partial charge in [-0.05, 0) is 52.2 Å². The predicted octanol–water partition coefficient (Wildman–Crippen LogP) is 5.82. The molecule has 5 aromatic rings. The van der Waals surface area contributed by atoms with E-state index in [1.54, 1.807) is 40.4 Å². The van der Waals surface area contributed by atoms with Crippen molar-refractivity contribution in [2.75, 3.05) is 0 Å². The fourth-order valence-corrected chi connectivity index (χ4v) is 4.32. The van der Waals surface area contributed by atoms with E-state index in [9.17, 15) is 0 Å². The molecule has 0 saturated heterocycles. The quantitative estimate of drug-likeness (QED) is 0.344. The van der Waals surface area contributed by atoms with Crippen LogP contribution < -0.4 is 0 Å². The van der Waals surface area contributed by atoms with Gasteiger partial charge in [-0.15, -0.1) is 16.4 Å². The molecule has 0 aliphatic carbocycles. The zero-order valence-electron chi connectivity index (χ0n) is 15.3. The highest BCUT2D eigenvalue weighted by Crippen LogP contribution is 2.34. The van der Waals surface area contributed by atoms with Gasteiger partial charge in [0, 0.05) is 21.8 Å². The first-order valence-electron chi connectivity index (χ1n) is 8.90. The van der Waals surface area contributed by atoms with Crippen LogP contribution in [0.15, 0.2) is 72.2 Å². The summed E-state index contributed by atoms with van der Waals surface area (Å²) in [5.41, 5.74) is 3.04. The summed E-state index contributed by atoms with van der Waals surface area (Å²) < 4.78 is 1.67. The van der Waals surface area contributed by atoms with Crippen molar-refractivity contribution in [1.82, 2.24) is 30.2 Å². The molecule has 30 heavy (non-hydrogen) atoms. The van der Waals surface area contributed by atoms with E-state index >= 15 is 0 Å². The van der Waals surface area contributed by atoms with E-state index in [1.165, 1.54) is 0 Å². The summed E-state index contributed by atoms with van der Waals surface area (Å²) in [6, 6.07) is 18.9. The van der Waals surface area contributed by atoms with Crippen molar-refractivity contribution in [3.8, 4) is 39.0 Å². The maximum Gasteiger partial charge on any atom is 0.190 e.